The van der Waals surface area contributed by atoms with Gasteiger partial charge < -0.3 is 15.2 Å². The summed E-state index contributed by atoms with van der Waals surface area (Å²) in [4.78, 5) is 35.2. The van der Waals surface area contributed by atoms with Crippen molar-refractivity contribution in [2.75, 3.05) is 6.54 Å². The fraction of sp³-hybridized carbons (Fsp3) is 0.235. The minimum Gasteiger partial charge on any atom is -0.507 e. The van der Waals surface area contributed by atoms with Crippen LogP contribution in [0.5, 0.6) is 5.75 Å². The van der Waals surface area contributed by atoms with Gasteiger partial charge in [-0.15, -0.1) is 0 Å². The number of rotatable bonds is 4. The molecule has 0 aliphatic rings. The third-order valence-electron chi connectivity index (χ3n) is 3.31. The summed E-state index contributed by atoms with van der Waals surface area (Å²) in [7, 11) is 0. The molecule has 24 heavy (non-hydrogen) atoms. The van der Waals surface area contributed by atoms with E-state index in [0.717, 1.165) is 10.8 Å². The summed E-state index contributed by atoms with van der Waals surface area (Å²) in [6.45, 7) is 3.40. The van der Waals surface area contributed by atoms with Crippen LogP contribution in [0, 0.1) is 0 Å². The number of imide groups is 1. The van der Waals surface area contributed by atoms with Crippen molar-refractivity contribution in [1.82, 2.24) is 10.6 Å². The normalized spacial score (nSPS) is 11.6. The van der Waals surface area contributed by atoms with Crippen LogP contribution in [-0.4, -0.2) is 35.7 Å². The van der Waals surface area contributed by atoms with Gasteiger partial charge >= 0.3 is 12.0 Å². The van der Waals surface area contributed by atoms with Crippen LogP contribution in [0.1, 0.15) is 24.2 Å². The molecule has 0 radical (unpaired) electrons. The van der Waals surface area contributed by atoms with Crippen molar-refractivity contribution >= 4 is 28.7 Å². The van der Waals surface area contributed by atoms with Gasteiger partial charge in [-0.05, 0) is 36.8 Å². The van der Waals surface area contributed by atoms with E-state index in [0.29, 0.717) is 6.54 Å². The summed E-state index contributed by atoms with van der Waals surface area (Å²) in [5, 5.41) is 16.0. The molecule has 1 atom stereocenters. The second-order valence-electron chi connectivity index (χ2n) is 5.11. The molecular formula is C17H18N2O5. The molecule has 0 fully saturated rings. The zero-order chi connectivity index (χ0) is 17.7. The lowest BCUT2D eigenvalue weighted by Crippen LogP contribution is -2.44. The van der Waals surface area contributed by atoms with E-state index < -0.39 is 24.0 Å². The second kappa shape index (κ2) is 7.45. The Morgan fingerprint density at radius 3 is 2.42 bits per heavy atom. The number of urea groups is 1. The fourth-order valence-electron chi connectivity index (χ4n) is 2.09. The van der Waals surface area contributed by atoms with E-state index in [-0.39, 0.29) is 11.3 Å². The summed E-state index contributed by atoms with van der Waals surface area (Å²) in [5.41, 5.74) is -0.0497. The van der Waals surface area contributed by atoms with Crippen LogP contribution in [0.2, 0.25) is 0 Å². The Bertz CT molecular complexity index is 788. The first-order valence-electron chi connectivity index (χ1n) is 7.43. The van der Waals surface area contributed by atoms with Crippen molar-refractivity contribution in [3.8, 4) is 5.75 Å². The molecule has 3 amide bonds. The van der Waals surface area contributed by atoms with Gasteiger partial charge in [0.15, 0.2) is 6.10 Å². The van der Waals surface area contributed by atoms with E-state index in [1.165, 1.54) is 19.1 Å². The maximum absolute atomic E-state index is 12.2. The van der Waals surface area contributed by atoms with Crippen molar-refractivity contribution in [3.63, 3.8) is 0 Å². The van der Waals surface area contributed by atoms with Gasteiger partial charge in [0.1, 0.15) is 11.3 Å². The minimum atomic E-state index is -1.19. The molecule has 7 heteroatoms. The number of ether oxygens (including phenoxy) is 1. The highest BCUT2D eigenvalue weighted by Crippen LogP contribution is 2.25. The van der Waals surface area contributed by atoms with Gasteiger partial charge in [0.2, 0.25) is 0 Å². The number of carbonyl (C=O) groups excluding carboxylic acids is 3. The van der Waals surface area contributed by atoms with Crippen molar-refractivity contribution in [2.45, 2.75) is 20.0 Å². The topological polar surface area (TPSA) is 105 Å². The average molecular weight is 330 g/mol. The maximum atomic E-state index is 12.2. The molecule has 2 aromatic rings. The molecule has 2 rings (SSSR count). The Kier molecular flexibility index (Phi) is 5.36. The largest absolute Gasteiger partial charge is 0.507 e. The number of carbonyl (C=O) groups is 3. The number of esters is 1. The predicted molar refractivity (Wildman–Crippen MR) is 87.7 cm³/mol. The van der Waals surface area contributed by atoms with Gasteiger partial charge in [-0.1, -0.05) is 24.3 Å². The Morgan fingerprint density at radius 1 is 1.17 bits per heavy atom. The molecule has 0 bridgehead atoms. The number of phenols is 1. The third kappa shape index (κ3) is 4.01. The SMILES string of the molecule is CCNC(=O)NC(=O)[C@@H](C)OC(=O)c1cc2ccccc2cc1O. The molecule has 0 heterocycles. The van der Waals surface area contributed by atoms with E-state index in [4.69, 9.17) is 4.74 Å². The molecule has 0 saturated heterocycles. The van der Waals surface area contributed by atoms with Crippen LogP contribution >= 0.6 is 0 Å². The maximum Gasteiger partial charge on any atom is 0.342 e. The highest BCUT2D eigenvalue weighted by atomic mass is 16.5. The Balaban J connectivity index is 2.10. The van der Waals surface area contributed by atoms with Gasteiger partial charge in [0.05, 0.1) is 0 Å². The number of amides is 3. The van der Waals surface area contributed by atoms with Crippen LogP contribution in [0.3, 0.4) is 0 Å². The van der Waals surface area contributed by atoms with E-state index in [2.05, 4.69) is 10.6 Å². The summed E-state index contributed by atoms with van der Waals surface area (Å²) in [6, 6.07) is 9.47. The monoisotopic (exact) mass is 330 g/mol. The minimum absolute atomic E-state index is 0.0497. The number of phenolic OH excluding ortho intramolecular Hbond substituents is 1. The first kappa shape index (κ1) is 17.3. The van der Waals surface area contributed by atoms with Crippen molar-refractivity contribution in [1.29, 1.82) is 0 Å². The number of nitrogens with one attached hydrogen (secondary N) is 2. The Hall–Kier alpha value is -3.09. The molecule has 7 nitrogen and oxygen atoms in total. The van der Waals surface area contributed by atoms with Crippen LogP contribution < -0.4 is 10.6 Å². The first-order chi connectivity index (χ1) is 11.4. The van der Waals surface area contributed by atoms with Gasteiger partial charge in [0, 0.05) is 6.54 Å². The smallest absolute Gasteiger partial charge is 0.342 e. The molecule has 0 unspecified atom stereocenters. The molecule has 0 saturated carbocycles. The zero-order valence-electron chi connectivity index (χ0n) is 13.3. The third-order valence-corrected chi connectivity index (χ3v) is 3.31. The number of benzene rings is 2. The molecular weight excluding hydrogens is 312 g/mol. The van der Waals surface area contributed by atoms with Crippen molar-refractivity contribution in [2.24, 2.45) is 0 Å². The van der Waals surface area contributed by atoms with Crippen LogP contribution in [-0.2, 0) is 9.53 Å². The van der Waals surface area contributed by atoms with Gasteiger partial charge in [0.25, 0.3) is 5.91 Å². The van der Waals surface area contributed by atoms with Crippen LogP contribution in [0.25, 0.3) is 10.8 Å². The Labute approximate surface area is 138 Å². The van der Waals surface area contributed by atoms with E-state index >= 15 is 0 Å². The first-order valence-corrected chi connectivity index (χ1v) is 7.43. The molecule has 126 valence electrons. The lowest BCUT2D eigenvalue weighted by molar-refractivity contribution is -0.127. The number of fused-ring (bicyclic) bond motifs is 1. The van der Waals surface area contributed by atoms with E-state index in [1.807, 2.05) is 6.07 Å². The van der Waals surface area contributed by atoms with Crippen molar-refractivity contribution < 1.29 is 24.2 Å². The molecule has 3 N–H and O–H groups in total. The summed E-state index contributed by atoms with van der Waals surface area (Å²) in [6.07, 6.45) is -1.19. The van der Waals surface area contributed by atoms with Gasteiger partial charge in [-0.3, -0.25) is 10.1 Å². The lowest BCUT2D eigenvalue weighted by Gasteiger charge is -2.14. The van der Waals surface area contributed by atoms with Crippen molar-refractivity contribution in [3.05, 3.63) is 42.0 Å². The van der Waals surface area contributed by atoms with Crippen LogP contribution in [0.15, 0.2) is 36.4 Å². The number of hydrogen-bond donors (Lipinski definition) is 3. The standard InChI is InChI=1S/C17H18N2O5/c1-3-18-17(23)19-15(21)10(2)24-16(22)13-8-11-6-4-5-7-12(11)9-14(13)20/h4-10,20H,3H2,1-2H3,(H2,18,19,21,23)/t10-/m1/s1. The highest BCUT2D eigenvalue weighted by molar-refractivity contribution is 6.01. The quantitative estimate of drug-likeness (QED) is 0.743. The molecule has 0 aliphatic heterocycles. The summed E-state index contributed by atoms with van der Waals surface area (Å²) < 4.78 is 5.02. The second-order valence-corrected chi connectivity index (χ2v) is 5.11. The van der Waals surface area contributed by atoms with Gasteiger partial charge in [-0.25, -0.2) is 9.59 Å². The molecule has 2 aromatic carbocycles. The Morgan fingerprint density at radius 2 is 1.79 bits per heavy atom. The fourth-order valence-corrected chi connectivity index (χ4v) is 2.09. The average Bonchev–Trinajstić information content (AvgIpc) is 2.54. The lowest BCUT2D eigenvalue weighted by atomic mass is 10.1. The number of aromatic hydroxyl groups is 1. The molecule has 0 spiro atoms. The predicted octanol–water partition coefficient (Wildman–Crippen LogP) is 1.94. The van der Waals surface area contributed by atoms with Gasteiger partial charge in [-0.2, -0.15) is 0 Å². The number of hydrogen-bond acceptors (Lipinski definition) is 5. The molecule has 0 aromatic heterocycles. The van der Waals surface area contributed by atoms with E-state index in [1.54, 1.807) is 25.1 Å². The van der Waals surface area contributed by atoms with Crippen LogP contribution in [0.4, 0.5) is 4.79 Å². The molecule has 0 aliphatic carbocycles. The highest BCUT2D eigenvalue weighted by Gasteiger charge is 2.22. The summed E-state index contributed by atoms with van der Waals surface area (Å²) in [5.74, 6) is -1.85. The van der Waals surface area contributed by atoms with E-state index in [9.17, 15) is 19.5 Å². The summed E-state index contributed by atoms with van der Waals surface area (Å²) >= 11 is 0. The zero-order valence-corrected chi connectivity index (χ0v) is 13.3.